The van der Waals surface area contributed by atoms with Crippen LogP contribution in [0.25, 0.3) is 0 Å². The average Bonchev–Trinajstić information content (AvgIpc) is 2.42. The lowest BCUT2D eigenvalue weighted by atomic mass is 10.2. The lowest BCUT2D eigenvalue weighted by Gasteiger charge is -2.22. The first-order chi connectivity index (χ1) is 9.54. The molecule has 0 N–H and O–H groups in total. The Hall–Kier alpha value is -1.10. The number of carbonyl (C=O) groups excluding carboxylic acids is 2. The summed E-state index contributed by atoms with van der Waals surface area (Å²) in [5, 5.41) is 0. The molecule has 0 unspecified atom stereocenters. The number of esters is 1. The highest BCUT2D eigenvalue weighted by molar-refractivity contribution is 5.74. The number of ether oxygens (including phenoxy) is 1. The van der Waals surface area contributed by atoms with Gasteiger partial charge in [-0.05, 0) is 39.4 Å². The summed E-state index contributed by atoms with van der Waals surface area (Å²) in [6.07, 6.45) is 2.33. The molecule has 0 rings (SSSR count). The van der Waals surface area contributed by atoms with Gasteiger partial charge in [-0.1, -0.05) is 13.8 Å². The van der Waals surface area contributed by atoms with Gasteiger partial charge < -0.3 is 14.5 Å². The highest BCUT2D eigenvalue weighted by Crippen LogP contribution is 2.01. The van der Waals surface area contributed by atoms with Crippen LogP contribution in [0.4, 0.5) is 0 Å². The van der Waals surface area contributed by atoms with E-state index < -0.39 is 0 Å². The van der Waals surface area contributed by atoms with Crippen LogP contribution in [0.15, 0.2) is 0 Å². The molecule has 5 heteroatoms. The maximum Gasteiger partial charge on any atom is 0.307 e. The molecule has 0 bridgehead atoms. The number of unbranched alkanes of at least 4 members (excludes halogenated alkanes) is 1. The van der Waals surface area contributed by atoms with Gasteiger partial charge >= 0.3 is 5.97 Å². The fourth-order valence-corrected chi connectivity index (χ4v) is 2.06. The van der Waals surface area contributed by atoms with Gasteiger partial charge in [0, 0.05) is 20.0 Å². The number of amides is 1. The second-order valence-corrected chi connectivity index (χ2v) is 4.80. The summed E-state index contributed by atoms with van der Waals surface area (Å²) >= 11 is 0. The van der Waals surface area contributed by atoms with E-state index in [2.05, 4.69) is 18.7 Å². The van der Waals surface area contributed by atoms with Gasteiger partial charge in [-0.2, -0.15) is 0 Å². The Morgan fingerprint density at radius 3 is 2.05 bits per heavy atom. The zero-order valence-corrected chi connectivity index (χ0v) is 13.5. The van der Waals surface area contributed by atoms with E-state index in [4.69, 9.17) is 4.74 Å². The van der Waals surface area contributed by atoms with Gasteiger partial charge in [0.05, 0.1) is 13.0 Å². The Morgan fingerprint density at radius 1 is 0.950 bits per heavy atom. The Balaban J connectivity index is 3.91. The molecule has 0 radical (unpaired) electrons. The Morgan fingerprint density at radius 2 is 1.55 bits per heavy atom. The second-order valence-electron chi connectivity index (χ2n) is 4.80. The zero-order chi connectivity index (χ0) is 15.4. The van der Waals surface area contributed by atoms with Gasteiger partial charge in [-0.25, -0.2) is 0 Å². The van der Waals surface area contributed by atoms with Gasteiger partial charge in [0.2, 0.25) is 5.91 Å². The van der Waals surface area contributed by atoms with Crippen molar-refractivity contribution in [3.05, 3.63) is 0 Å². The third-order valence-electron chi connectivity index (χ3n) is 3.38. The molecule has 0 aliphatic heterocycles. The van der Waals surface area contributed by atoms with Crippen LogP contribution in [0.2, 0.25) is 0 Å². The van der Waals surface area contributed by atoms with Crippen molar-refractivity contribution >= 4 is 11.9 Å². The molecule has 0 aliphatic rings. The summed E-state index contributed by atoms with van der Waals surface area (Å²) in [5.41, 5.74) is 0. The molecule has 0 aromatic heterocycles. The van der Waals surface area contributed by atoms with Crippen LogP contribution in [0.3, 0.4) is 0 Å². The van der Waals surface area contributed by atoms with E-state index in [-0.39, 0.29) is 18.3 Å². The summed E-state index contributed by atoms with van der Waals surface area (Å²) < 4.78 is 4.87. The van der Waals surface area contributed by atoms with Crippen molar-refractivity contribution in [2.75, 3.05) is 39.3 Å². The van der Waals surface area contributed by atoms with Crippen LogP contribution in [-0.2, 0) is 14.3 Å². The molecule has 0 saturated carbocycles. The molecule has 0 aromatic carbocycles. The third-order valence-corrected chi connectivity index (χ3v) is 3.38. The van der Waals surface area contributed by atoms with Gasteiger partial charge in [-0.15, -0.1) is 0 Å². The summed E-state index contributed by atoms with van der Waals surface area (Å²) in [7, 11) is 0. The maximum absolute atomic E-state index is 11.5. The number of hydrogen-bond acceptors (Lipinski definition) is 4. The minimum atomic E-state index is -0.234. The molecule has 0 fully saturated rings. The molecule has 20 heavy (non-hydrogen) atoms. The van der Waals surface area contributed by atoms with Crippen molar-refractivity contribution in [2.45, 2.75) is 47.0 Å². The highest BCUT2D eigenvalue weighted by Gasteiger charge is 2.11. The minimum Gasteiger partial charge on any atom is -0.466 e. The average molecular weight is 286 g/mol. The first-order valence-electron chi connectivity index (χ1n) is 7.68. The SMILES string of the molecule is CCOC(=O)CCN(CCCCN(CC)CC)C(C)=O. The molecule has 0 aromatic rings. The van der Waals surface area contributed by atoms with E-state index in [0.717, 1.165) is 39.0 Å². The quantitative estimate of drug-likeness (QED) is 0.430. The van der Waals surface area contributed by atoms with Crippen LogP contribution >= 0.6 is 0 Å². The lowest BCUT2D eigenvalue weighted by Crippen LogP contribution is -2.33. The third kappa shape index (κ3) is 8.91. The molecule has 118 valence electrons. The van der Waals surface area contributed by atoms with Gasteiger partial charge in [-0.3, -0.25) is 9.59 Å². The van der Waals surface area contributed by atoms with E-state index in [0.29, 0.717) is 13.2 Å². The molecular formula is C15H30N2O3. The second kappa shape index (κ2) is 11.7. The highest BCUT2D eigenvalue weighted by atomic mass is 16.5. The molecule has 5 nitrogen and oxygen atoms in total. The van der Waals surface area contributed by atoms with Gasteiger partial charge in [0.25, 0.3) is 0 Å². The largest absolute Gasteiger partial charge is 0.466 e. The first kappa shape index (κ1) is 18.9. The number of nitrogens with zero attached hydrogens (tertiary/aromatic N) is 2. The molecular weight excluding hydrogens is 256 g/mol. The van der Waals surface area contributed by atoms with Crippen molar-refractivity contribution in [3.8, 4) is 0 Å². The Labute approximate surface area is 123 Å². The Kier molecular flexibility index (Phi) is 11.1. The predicted molar refractivity (Wildman–Crippen MR) is 80.5 cm³/mol. The smallest absolute Gasteiger partial charge is 0.307 e. The molecule has 0 spiro atoms. The summed E-state index contributed by atoms with van der Waals surface area (Å²) in [5.74, 6) is -0.209. The van der Waals surface area contributed by atoms with Gasteiger partial charge in [0.1, 0.15) is 0 Å². The predicted octanol–water partition coefficient (Wildman–Crippen LogP) is 1.91. The van der Waals surface area contributed by atoms with Crippen molar-refractivity contribution in [3.63, 3.8) is 0 Å². The fourth-order valence-electron chi connectivity index (χ4n) is 2.06. The topological polar surface area (TPSA) is 49.9 Å². The summed E-state index contributed by atoms with van der Waals surface area (Å²) in [6.45, 7) is 12.4. The molecule has 1 amide bonds. The van der Waals surface area contributed by atoms with Crippen molar-refractivity contribution < 1.29 is 14.3 Å². The molecule has 0 saturated heterocycles. The van der Waals surface area contributed by atoms with Gasteiger partial charge in [0.15, 0.2) is 0 Å². The van der Waals surface area contributed by atoms with Crippen molar-refractivity contribution in [2.24, 2.45) is 0 Å². The van der Waals surface area contributed by atoms with E-state index in [1.54, 1.807) is 18.7 Å². The van der Waals surface area contributed by atoms with Crippen LogP contribution in [0.5, 0.6) is 0 Å². The Bertz CT molecular complexity index is 278. The summed E-state index contributed by atoms with van der Waals surface area (Å²) in [6, 6.07) is 0. The normalized spacial score (nSPS) is 10.7. The van der Waals surface area contributed by atoms with Crippen LogP contribution in [0, 0.1) is 0 Å². The molecule has 0 heterocycles. The summed E-state index contributed by atoms with van der Waals surface area (Å²) in [4.78, 5) is 26.9. The molecule has 0 aliphatic carbocycles. The number of rotatable bonds is 11. The maximum atomic E-state index is 11.5. The van der Waals surface area contributed by atoms with Crippen molar-refractivity contribution in [1.29, 1.82) is 0 Å². The van der Waals surface area contributed by atoms with E-state index in [1.165, 1.54) is 0 Å². The minimum absolute atomic E-state index is 0.0251. The zero-order valence-electron chi connectivity index (χ0n) is 13.5. The van der Waals surface area contributed by atoms with Crippen LogP contribution in [-0.4, -0.2) is 61.0 Å². The van der Waals surface area contributed by atoms with E-state index in [1.807, 2.05) is 0 Å². The van der Waals surface area contributed by atoms with Crippen LogP contribution < -0.4 is 0 Å². The van der Waals surface area contributed by atoms with Crippen LogP contribution in [0.1, 0.15) is 47.0 Å². The van der Waals surface area contributed by atoms with Crippen molar-refractivity contribution in [1.82, 2.24) is 9.80 Å². The number of hydrogen-bond donors (Lipinski definition) is 0. The molecule has 0 atom stereocenters. The number of carbonyl (C=O) groups is 2. The first-order valence-corrected chi connectivity index (χ1v) is 7.68. The lowest BCUT2D eigenvalue weighted by molar-refractivity contribution is -0.143. The standard InChI is InChI=1S/C15H30N2O3/c1-5-16(6-2)11-8-9-12-17(14(4)18)13-10-15(19)20-7-3/h5-13H2,1-4H3. The van der Waals surface area contributed by atoms with E-state index >= 15 is 0 Å². The van der Waals surface area contributed by atoms with E-state index in [9.17, 15) is 9.59 Å². The monoisotopic (exact) mass is 286 g/mol. The fraction of sp³-hybridized carbons (Fsp3) is 0.867.